The highest BCUT2D eigenvalue weighted by Gasteiger charge is 1.89. The minimum Gasteiger partial charge on any atom is -0.494 e. The van der Waals surface area contributed by atoms with Gasteiger partial charge in [-0.3, -0.25) is 9.78 Å². The van der Waals surface area contributed by atoms with E-state index < -0.39 is 5.56 Å². The minimum atomic E-state index is -0.398. The number of rotatable bonds is 0. The average molecular weight is 137 g/mol. The predicted octanol–water partition coefficient (Wildman–Crippen LogP) is -1.10. The molecule has 0 radical (unpaired) electrons. The molecule has 0 aliphatic rings. The van der Waals surface area contributed by atoms with E-state index in [1.165, 1.54) is 6.07 Å². The number of aromatic amines is 1. The first-order valence-corrected chi connectivity index (χ1v) is 2.71. The van der Waals surface area contributed by atoms with Crippen molar-refractivity contribution in [1.29, 1.82) is 0 Å². The number of aromatic hydroxyl groups is 1. The average Bonchev–Trinajstić information content (AvgIpc) is 1.82. The lowest BCUT2D eigenvalue weighted by Gasteiger charge is -1.88. The lowest BCUT2D eigenvalue weighted by atomic mass is 10.3. The molecule has 0 unspecified atom stereocenters. The molecule has 10 heavy (non-hydrogen) atoms. The first-order valence-electron chi connectivity index (χ1n) is 2.71. The van der Waals surface area contributed by atoms with Gasteiger partial charge in [-0.1, -0.05) is 13.2 Å². The van der Waals surface area contributed by atoms with E-state index in [2.05, 4.69) is 18.1 Å². The summed E-state index contributed by atoms with van der Waals surface area (Å²) < 4.78 is 0. The Morgan fingerprint density at radius 3 is 2.60 bits per heavy atom. The van der Waals surface area contributed by atoms with Crippen molar-refractivity contribution in [3.63, 3.8) is 0 Å². The summed E-state index contributed by atoms with van der Waals surface area (Å²) in [6.45, 7) is 6.94. The van der Waals surface area contributed by atoms with Crippen molar-refractivity contribution in [3.05, 3.63) is 26.9 Å². The Labute approximate surface area is 57.0 Å². The molecule has 0 saturated carbocycles. The van der Waals surface area contributed by atoms with Crippen molar-refractivity contribution < 1.29 is 5.11 Å². The van der Waals surface area contributed by atoms with Crippen LogP contribution in [0.2, 0.25) is 0 Å². The smallest absolute Gasteiger partial charge is 0.257 e. The van der Waals surface area contributed by atoms with Gasteiger partial charge in [0.05, 0.1) is 0 Å². The van der Waals surface area contributed by atoms with Crippen molar-refractivity contribution in [3.8, 4) is 5.88 Å². The van der Waals surface area contributed by atoms with Crippen LogP contribution in [0.4, 0.5) is 0 Å². The maximum absolute atomic E-state index is 10.7. The van der Waals surface area contributed by atoms with Gasteiger partial charge in [-0.05, 0) is 5.22 Å². The van der Waals surface area contributed by atoms with Crippen LogP contribution in [0.25, 0.3) is 13.2 Å². The largest absolute Gasteiger partial charge is 0.494 e. The van der Waals surface area contributed by atoms with E-state index in [1.54, 1.807) is 0 Å². The molecule has 0 saturated heterocycles. The molecular formula is C7H7NO2. The molecule has 1 heterocycles. The fraction of sp³-hybridized carbons (Fsp3) is 0. The maximum Gasteiger partial charge on any atom is 0.257 e. The topological polar surface area (TPSA) is 53.1 Å². The van der Waals surface area contributed by atoms with Crippen LogP contribution in [0, 0.1) is 0 Å². The Morgan fingerprint density at radius 1 is 1.50 bits per heavy atom. The van der Waals surface area contributed by atoms with E-state index >= 15 is 0 Å². The summed E-state index contributed by atoms with van der Waals surface area (Å²) >= 11 is 0. The van der Waals surface area contributed by atoms with Crippen LogP contribution in [-0.4, -0.2) is 10.1 Å². The quantitative estimate of drug-likeness (QED) is 0.477. The van der Waals surface area contributed by atoms with Crippen molar-refractivity contribution in [2.24, 2.45) is 0 Å². The highest BCUT2D eigenvalue weighted by molar-refractivity contribution is 5.18. The molecule has 1 aromatic heterocycles. The Bertz CT molecular complexity index is 357. The zero-order chi connectivity index (χ0) is 7.72. The van der Waals surface area contributed by atoms with Gasteiger partial charge in [0.25, 0.3) is 5.56 Å². The van der Waals surface area contributed by atoms with Gasteiger partial charge in [0.15, 0.2) is 5.88 Å². The molecule has 3 heteroatoms. The molecule has 1 rings (SSSR count). The number of nitrogens with one attached hydrogen (secondary N) is 1. The van der Waals surface area contributed by atoms with Gasteiger partial charge in [-0.15, -0.1) is 0 Å². The summed E-state index contributed by atoms with van der Waals surface area (Å²) in [6, 6.07) is 1.35. The summed E-state index contributed by atoms with van der Waals surface area (Å²) in [5.41, 5.74) is -0.398. The number of aromatic nitrogens is 1. The van der Waals surface area contributed by atoms with Crippen molar-refractivity contribution >= 4 is 13.2 Å². The SMILES string of the molecule is C=c1cc(O)[nH]c(=O)c1=C. The lowest BCUT2D eigenvalue weighted by Crippen LogP contribution is -2.37. The number of H-pyrrole nitrogens is 1. The third-order valence-electron chi connectivity index (χ3n) is 1.21. The predicted molar refractivity (Wildman–Crippen MR) is 39.0 cm³/mol. The summed E-state index contributed by atoms with van der Waals surface area (Å²) in [5, 5.41) is 9.53. The summed E-state index contributed by atoms with van der Waals surface area (Å²) in [6.07, 6.45) is 0. The van der Waals surface area contributed by atoms with Crippen LogP contribution in [0.15, 0.2) is 10.9 Å². The molecule has 0 atom stereocenters. The van der Waals surface area contributed by atoms with Crippen LogP contribution in [0.5, 0.6) is 5.88 Å². The molecule has 52 valence electrons. The molecule has 0 aromatic carbocycles. The van der Waals surface area contributed by atoms with Gasteiger partial charge in [0.1, 0.15) is 0 Å². The zero-order valence-electron chi connectivity index (χ0n) is 5.35. The monoisotopic (exact) mass is 137 g/mol. The van der Waals surface area contributed by atoms with Crippen molar-refractivity contribution in [2.45, 2.75) is 0 Å². The van der Waals surface area contributed by atoms with Gasteiger partial charge in [-0.2, -0.15) is 0 Å². The number of hydrogen-bond donors (Lipinski definition) is 2. The van der Waals surface area contributed by atoms with Crippen LogP contribution in [-0.2, 0) is 0 Å². The molecule has 1 aromatic rings. The van der Waals surface area contributed by atoms with Crippen LogP contribution >= 0.6 is 0 Å². The molecule has 0 aliphatic carbocycles. The highest BCUT2D eigenvalue weighted by Crippen LogP contribution is 1.87. The summed E-state index contributed by atoms with van der Waals surface area (Å²) in [4.78, 5) is 12.9. The Hall–Kier alpha value is -1.51. The van der Waals surface area contributed by atoms with Gasteiger partial charge in [-0.25, -0.2) is 0 Å². The molecule has 3 nitrogen and oxygen atoms in total. The molecule has 0 bridgehead atoms. The molecule has 0 fully saturated rings. The second kappa shape index (κ2) is 2.02. The Balaban J connectivity index is 3.80. The zero-order valence-corrected chi connectivity index (χ0v) is 5.35. The van der Waals surface area contributed by atoms with E-state index in [1.807, 2.05) is 0 Å². The van der Waals surface area contributed by atoms with Crippen LogP contribution in [0.1, 0.15) is 0 Å². The van der Waals surface area contributed by atoms with Crippen LogP contribution < -0.4 is 16.0 Å². The van der Waals surface area contributed by atoms with E-state index in [9.17, 15) is 4.79 Å². The second-order valence-corrected chi connectivity index (χ2v) is 1.99. The number of pyridine rings is 1. The van der Waals surface area contributed by atoms with E-state index in [-0.39, 0.29) is 11.1 Å². The van der Waals surface area contributed by atoms with Gasteiger partial charge in [0.2, 0.25) is 0 Å². The third kappa shape index (κ3) is 0.932. The second-order valence-electron chi connectivity index (χ2n) is 1.99. The lowest BCUT2D eigenvalue weighted by molar-refractivity contribution is 0.451. The Morgan fingerprint density at radius 2 is 2.10 bits per heavy atom. The molecule has 0 amide bonds. The fourth-order valence-corrected chi connectivity index (χ4v) is 0.626. The van der Waals surface area contributed by atoms with E-state index in [0.29, 0.717) is 5.22 Å². The molecule has 0 aliphatic heterocycles. The Kier molecular flexibility index (Phi) is 1.34. The normalized spacial score (nSPS) is 9.60. The maximum atomic E-state index is 10.7. The fourth-order valence-electron chi connectivity index (χ4n) is 0.626. The van der Waals surface area contributed by atoms with Gasteiger partial charge < -0.3 is 5.11 Å². The van der Waals surface area contributed by atoms with E-state index in [0.717, 1.165) is 0 Å². The molecule has 2 N–H and O–H groups in total. The molecule has 0 spiro atoms. The van der Waals surface area contributed by atoms with Gasteiger partial charge >= 0.3 is 0 Å². The number of hydrogen-bond acceptors (Lipinski definition) is 2. The van der Waals surface area contributed by atoms with Gasteiger partial charge in [0, 0.05) is 11.3 Å². The van der Waals surface area contributed by atoms with Crippen LogP contribution in [0.3, 0.4) is 0 Å². The first-order chi connectivity index (χ1) is 4.61. The minimum absolute atomic E-state index is 0.178. The highest BCUT2D eigenvalue weighted by atomic mass is 16.3. The van der Waals surface area contributed by atoms with Crippen molar-refractivity contribution in [1.82, 2.24) is 4.98 Å². The standard InChI is InChI=1S/C7H7NO2/c1-4-3-6(9)8-7(10)5(4)2/h3,9H,1-2H2,(H,8,10). The third-order valence-corrected chi connectivity index (χ3v) is 1.21. The van der Waals surface area contributed by atoms with E-state index in [4.69, 9.17) is 5.11 Å². The van der Waals surface area contributed by atoms with Crippen molar-refractivity contribution in [2.75, 3.05) is 0 Å². The molecular weight excluding hydrogens is 130 g/mol. The summed E-state index contributed by atoms with van der Waals surface area (Å²) in [5.74, 6) is -0.178. The summed E-state index contributed by atoms with van der Waals surface area (Å²) in [7, 11) is 0. The first kappa shape index (κ1) is 6.61.